The van der Waals surface area contributed by atoms with Gasteiger partial charge in [-0.05, 0) is 24.5 Å². The molecule has 1 aliphatic rings. The quantitative estimate of drug-likeness (QED) is 0.846. The molecule has 0 unspecified atom stereocenters. The summed E-state index contributed by atoms with van der Waals surface area (Å²) < 4.78 is 40.1. The highest BCUT2D eigenvalue weighted by molar-refractivity contribution is 5.28. The summed E-state index contributed by atoms with van der Waals surface area (Å²) in [5.41, 5.74) is -0.00557. The number of rotatable bonds is 2. The number of fused-ring (bicyclic) bond motifs is 1. The first-order valence-corrected chi connectivity index (χ1v) is 6.61. The number of hydrogen-bond donors (Lipinski definition) is 0. The van der Waals surface area contributed by atoms with Crippen molar-refractivity contribution in [2.45, 2.75) is 38.4 Å². The van der Waals surface area contributed by atoms with Crippen LogP contribution in [0.2, 0.25) is 0 Å². The van der Waals surface area contributed by atoms with Gasteiger partial charge in [-0.25, -0.2) is 0 Å². The van der Waals surface area contributed by atoms with Gasteiger partial charge in [0.25, 0.3) is 0 Å². The fraction of sp³-hybridized carbons (Fsp3) is 0.429. The van der Waals surface area contributed by atoms with Crippen LogP contribution in [0.5, 0.6) is 0 Å². The lowest BCUT2D eigenvalue weighted by atomic mass is 10.1. The second-order valence-corrected chi connectivity index (χ2v) is 5.02. The van der Waals surface area contributed by atoms with Crippen LogP contribution in [0.25, 0.3) is 0 Å². The van der Waals surface area contributed by atoms with E-state index in [0.29, 0.717) is 12.0 Å². The molecule has 20 heavy (non-hydrogen) atoms. The Kier molecular flexibility index (Phi) is 3.23. The van der Waals surface area contributed by atoms with Gasteiger partial charge in [-0.1, -0.05) is 18.2 Å². The van der Waals surface area contributed by atoms with Gasteiger partial charge in [0, 0.05) is 19.4 Å². The lowest BCUT2D eigenvalue weighted by Gasteiger charge is -2.15. The number of benzene rings is 1. The molecule has 3 rings (SSSR count). The predicted molar refractivity (Wildman–Crippen MR) is 67.2 cm³/mol. The van der Waals surface area contributed by atoms with Crippen molar-refractivity contribution in [3.8, 4) is 0 Å². The normalized spacial score (nSPS) is 15.2. The predicted octanol–water partition coefficient (Wildman–Crippen LogP) is 3.22. The van der Waals surface area contributed by atoms with Gasteiger partial charge in [-0.15, -0.1) is 10.2 Å². The van der Waals surface area contributed by atoms with E-state index in [4.69, 9.17) is 0 Å². The molecule has 1 aromatic carbocycles. The molecule has 2 aromatic rings. The van der Waals surface area contributed by atoms with E-state index in [-0.39, 0.29) is 0 Å². The summed E-state index contributed by atoms with van der Waals surface area (Å²) in [6, 6.07) is 5.40. The summed E-state index contributed by atoms with van der Waals surface area (Å²) in [7, 11) is 0. The Morgan fingerprint density at radius 3 is 2.80 bits per heavy atom. The van der Waals surface area contributed by atoms with Crippen LogP contribution in [0.3, 0.4) is 0 Å². The standard InChI is InChI=1S/C14H14F3N3/c15-14(16,17)11-5-3-4-10(8-11)9-13-19-18-12-6-1-2-7-20(12)13/h3-5,8H,1-2,6-7,9H2. The van der Waals surface area contributed by atoms with Gasteiger partial charge in [0.2, 0.25) is 0 Å². The third kappa shape index (κ3) is 2.55. The number of halogens is 3. The number of aromatic nitrogens is 3. The van der Waals surface area contributed by atoms with E-state index in [1.54, 1.807) is 6.07 Å². The van der Waals surface area contributed by atoms with Crippen LogP contribution >= 0.6 is 0 Å². The maximum atomic E-state index is 12.7. The first-order chi connectivity index (χ1) is 9.54. The maximum absolute atomic E-state index is 12.7. The number of nitrogens with zero attached hydrogens (tertiary/aromatic N) is 3. The van der Waals surface area contributed by atoms with Gasteiger partial charge in [-0.2, -0.15) is 13.2 Å². The zero-order chi connectivity index (χ0) is 14.2. The Labute approximate surface area is 114 Å². The van der Waals surface area contributed by atoms with E-state index in [1.807, 2.05) is 4.57 Å². The molecule has 3 nitrogen and oxygen atoms in total. The molecule has 0 radical (unpaired) electrons. The first-order valence-electron chi connectivity index (χ1n) is 6.61. The molecule has 106 valence electrons. The number of hydrogen-bond acceptors (Lipinski definition) is 2. The fourth-order valence-corrected chi connectivity index (χ4v) is 2.54. The van der Waals surface area contributed by atoms with Gasteiger partial charge in [-0.3, -0.25) is 0 Å². The largest absolute Gasteiger partial charge is 0.416 e. The van der Waals surface area contributed by atoms with Crippen molar-refractivity contribution in [2.75, 3.05) is 0 Å². The first kappa shape index (κ1) is 13.1. The Morgan fingerprint density at radius 2 is 2.00 bits per heavy atom. The molecule has 0 fully saturated rings. The van der Waals surface area contributed by atoms with Crippen molar-refractivity contribution in [3.05, 3.63) is 47.0 Å². The minimum atomic E-state index is -4.31. The second-order valence-electron chi connectivity index (χ2n) is 5.02. The van der Waals surface area contributed by atoms with Crippen LogP contribution in [0.1, 0.15) is 35.6 Å². The average molecular weight is 281 g/mol. The highest BCUT2D eigenvalue weighted by Gasteiger charge is 2.30. The Balaban J connectivity index is 1.86. The van der Waals surface area contributed by atoms with Crippen LogP contribution in [0.4, 0.5) is 13.2 Å². The maximum Gasteiger partial charge on any atom is 0.416 e. The molecule has 0 atom stereocenters. The Hall–Kier alpha value is -1.85. The molecular formula is C14H14F3N3. The molecule has 0 bridgehead atoms. The SMILES string of the molecule is FC(F)(F)c1cccc(Cc2nnc3n2CCCC3)c1. The van der Waals surface area contributed by atoms with Gasteiger partial charge in [0.1, 0.15) is 11.6 Å². The van der Waals surface area contributed by atoms with Gasteiger partial charge in [0.15, 0.2) is 0 Å². The third-order valence-electron chi connectivity index (χ3n) is 3.55. The van der Waals surface area contributed by atoms with Crippen molar-refractivity contribution in [1.82, 2.24) is 14.8 Å². The van der Waals surface area contributed by atoms with Crippen molar-refractivity contribution in [2.24, 2.45) is 0 Å². The summed E-state index contributed by atoms with van der Waals surface area (Å²) in [6.07, 6.45) is -0.852. The third-order valence-corrected chi connectivity index (χ3v) is 3.55. The molecule has 0 aliphatic carbocycles. The minimum Gasteiger partial charge on any atom is -0.315 e. The van der Waals surface area contributed by atoms with E-state index in [9.17, 15) is 13.2 Å². The molecule has 0 spiro atoms. The topological polar surface area (TPSA) is 30.7 Å². The Morgan fingerprint density at radius 1 is 1.15 bits per heavy atom. The molecule has 0 amide bonds. The minimum absolute atomic E-state index is 0.386. The van der Waals surface area contributed by atoms with E-state index in [1.165, 1.54) is 12.1 Å². The molecule has 0 N–H and O–H groups in total. The molecule has 6 heteroatoms. The highest BCUT2D eigenvalue weighted by atomic mass is 19.4. The number of alkyl halides is 3. The smallest absolute Gasteiger partial charge is 0.315 e. The Bertz CT molecular complexity index is 616. The molecule has 0 saturated heterocycles. The summed E-state index contributed by atoms with van der Waals surface area (Å²) in [5.74, 6) is 1.69. The molecule has 1 aliphatic heterocycles. The molecular weight excluding hydrogens is 267 g/mol. The lowest BCUT2D eigenvalue weighted by Crippen LogP contribution is -2.13. The van der Waals surface area contributed by atoms with Crippen LogP contribution < -0.4 is 0 Å². The van der Waals surface area contributed by atoms with Crippen molar-refractivity contribution >= 4 is 0 Å². The molecule has 0 saturated carbocycles. The lowest BCUT2D eigenvalue weighted by molar-refractivity contribution is -0.137. The summed E-state index contributed by atoms with van der Waals surface area (Å²) in [5, 5.41) is 8.23. The zero-order valence-electron chi connectivity index (χ0n) is 10.8. The summed E-state index contributed by atoms with van der Waals surface area (Å²) in [4.78, 5) is 0. The van der Waals surface area contributed by atoms with Gasteiger partial charge in [0.05, 0.1) is 5.56 Å². The highest BCUT2D eigenvalue weighted by Crippen LogP contribution is 2.30. The molecule has 2 heterocycles. The van der Waals surface area contributed by atoms with Crippen LogP contribution in [0, 0.1) is 0 Å². The fourth-order valence-electron chi connectivity index (χ4n) is 2.54. The van der Waals surface area contributed by atoms with E-state index >= 15 is 0 Å². The van der Waals surface area contributed by atoms with Crippen molar-refractivity contribution < 1.29 is 13.2 Å². The molecule has 1 aromatic heterocycles. The van der Waals surface area contributed by atoms with Crippen LogP contribution in [0.15, 0.2) is 24.3 Å². The van der Waals surface area contributed by atoms with Gasteiger partial charge < -0.3 is 4.57 Å². The van der Waals surface area contributed by atoms with E-state index in [2.05, 4.69) is 10.2 Å². The van der Waals surface area contributed by atoms with E-state index in [0.717, 1.165) is 43.5 Å². The van der Waals surface area contributed by atoms with Crippen molar-refractivity contribution in [3.63, 3.8) is 0 Å². The van der Waals surface area contributed by atoms with E-state index < -0.39 is 11.7 Å². The zero-order valence-corrected chi connectivity index (χ0v) is 10.8. The average Bonchev–Trinajstić information content (AvgIpc) is 2.82. The van der Waals surface area contributed by atoms with Gasteiger partial charge >= 0.3 is 6.18 Å². The summed E-state index contributed by atoms with van der Waals surface area (Å²) in [6.45, 7) is 0.858. The number of aryl methyl sites for hydroxylation is 1. The van der Waals surface area contributed by atoms with Crippen LogP contribution in [-0.2, 0) is 25.6 Å². The summed E-state index contributed by atoms with van der Waals surface area (Å²) >= 11 is 0. The monoisotopic (exact) mass is 281 g/mol. The second kappa shape index (κ2) is 4.92. The van der Waals surface area contributed by atoms with Crippen molar-refractivity contribution in [1.29, 1.82) is 0 Å². The van der Waals surface area contributed by atoms with Crippen LogP contribution in [-0.4, -0.2) is 14.8 Å².